The van der Waals surface area contributed by atoms with Gasteiger partial charge in [0.15, 0.2) is 11.6 Å². The predicted octanol–water partition coefficient (Wildman–Crippen LogP) is 4.99. The second kappa shape index (κ2) is 9.42. The number of rotatable bonds is 5. The first kappa shape index (κ1) is 24.1. The number of piperazine rings is 1. The second-order valence-electron chi connectivity index (χ2n) is 9.74. The van der Waals surface area contributed by atoms with Crippen LogP contribution in [0.1, 0.15) is 39.6 Å². The third kappa shape index (κ3) is 4.60. The molecule has 10 heteroatoms. The van der Waals surface area contributed by atoms with Crippen molar-refractivity contribution in [2.24, 2.45) is 0 Å². The average Bonchev–Trinajstić information content (AvgIpc) is 3.17. The number of pyridine rings is 1. The number of aromatic nitrogens is 5. The first-order chi connectivity index (χ1) is 17.2. The number of hydrogen-bond donors (Lipinski definition) is 2. The summed E-state index contributed by atoms with van der Waals surface area (Å²) >= 11 is 0. The van der Waals surface area contributed by atoms with E-state index in [0.29, 0.717) is 34.8 Å². The van der Waals surface area contributed by atoms with E-state index < -0.39 is 11.6 Å². The maximum absolute atomic E-state index is 14.9. The molecule has 0 radical (unpaired) electrons. The van der Waals surface area contributed by atoms with Gasteiger partial charge in [0.05, 0.1) is 23.6 Å². The van der Waals surface area contributed by atoms with E-state index in [4.69, 9.17) is 0 Å². The fourth-order valence-corrected chi connectivity index (χ4v) is 4.99. The summed E-state index contributed by atoms with van der Waals surface area (Å²) in [4.78, 5) is 19.5. The smallest absolute Gasteiger partial charge is 0.229 e. The maximum Gasteiger partial charge on any atom is 0.229 e. The minimum Gasteiger partial charge on any atom is -0.367 e. The molecule has 0 bridgehead atoms. The quantitative estimate of drug-likeness (QED) is 0.406. The molecule has 0 amide bonds. The number of benzene rings is 1. The van der Waals surface area contributed by atoms with Crippen molar-refractivity contribution in [1.82, 2.24) is 29.8 Å². The van der Waals surface area contributed by atoms with Gasteiger partial charge in [-0.1, -0.05) is 0 Å². The summed E-state index contributed by atoms with van der Waals surface area (Å²) in [5.74, 6) is 0.233. The van der Waals surface area contributed by atoms with Crippen molar-refractivity contribution in [1.29, 1.82) is 0 Å². The van der Waals surface area contributed by atoms with Gasteiger partial charge in [0, 0.05) is 36.8 Å². The molecule has 0 unspecified atom stereocenters. The molecule has 1 saturated heterocycles. The first-order valence-electron chi connectivity index (χ1n) is 12.1. The van der Waals surface area contributed by atoms with Crippen molar-refractivity contribution in [3.05, 3.63) is 54.1 Å². The Morgan fingerprint density at radius 2 is 1.75 bits per heavy atom. The molecule has 1 aliphatic heterocycles. The lowest BCUT2D eigenvalue weighted by atomic mass is 10.1. The van der Waals surface area contributed by atoms with Crippen molar-refractivity contribution >= 4 is 28.5 Å². The molecule has 1 aromatic carbocycles. The number of aryl methyl sites for hydroxylation is 1. The minimum absolute atomic E-state index is 0.00266. The van der Waals surface area contributed by atoms with Gasteiger partial charge in [-0.05, 0) is 58.9 Å². The van der Waals surface area contributed by atoms with Crippen LogP contribution in [0, 0.1) is 18.6 Å². The first-order valence-corrected chi connectivity index (χ1v) is 12.1. The number of nitrogens with one attached hydrogen (secondary N) is 2. The average molecular weight is 493 g/mol. The fourth-order valence-electron chi connectivity index (χ4n) is 4.99. The SMILES string of the molecule is Cc1nc2c(F)cc(-c3nc(Nc4ccc(N5C[C@@H](C)N[C@@H](C)C5)cn4)ncc3F)cc2n1C(C)C. The summed E-state index contributed by atoms with van der Waals surface area (Å²) in [5, 5.41) is 6.55. The highest BCUT2D eigenvalue weighted by Crippen LogP contribution is 2.30. The van der Waals surface area contributed by atoms with Crippen molar-refractivity contribution in [2.45, 2.75) is 52.7 Å². The monoisotopic (exact) mass is 492 g/mol. The summed E-state index contributed by atoms with van der Waals surface area (Å²) in [6.45, 7) is 11.9. The fraction of sp³-hybridized carbons (Fsp3) is 0.385. The highest BCUT2D eigenvalue weighted by atomic mass is 19.1. The van der Waals surface area contributed by atoms with Crippen molar-refractivity contribution in [3.63, 3.8) is 0 Å². The Morgan fingerprint density at radius 3 is 2.42 bits per heavy atom. The molecule has 3 aromatic heterocycles. The van der Waals surface area contributed by atoms with Crippen molar-refractivity contribution < 1.29 is 8.78 Å². The van der Waals surface area contributed by atoms with Gasteiger partial charge < -0.3 is 20.1 Å². The molecular formula is C26H30F2N8. The van der Waals surface area contributed by atoms with Crippen LogP contribution in [0.2, 0.25) is 0 Å². The Hall–Kier alpha value is -3.66. The lowest BCUT2D eigenvalue weighted by molar-refractivity contribution is 0.407. The molecule has 5 rings (SSSR count). The molecule has 8 nitrogen and oxygen atoms in total. The highest BCUT2D eigenvalue weighted by molar-refractivity contribution is 5.83. The zero-order chi connectivity index (χ0) is 25.6. The normalized spacial score (nSPS) is 18.3. The summed E-state index contributed by atoms with van der Waals surface area (Å²) in [6.07, 6.45) is 2.88. The number of halogens is 2. The van der Waals surface area contributed by atoms with E-state index in [0.717, 1.165) is 25.0 Å². The molecule has 2 N–H and O–H groups in total. The van der Waals surface area contributed by atoms with Crippen LogP contribution >= 0.6 is 0 Å². The molecule has 36 heavy (non-hydrogen) atoms. The highest BCUT2D eigenvalue weighted by Gasteiger charge is 2.22. The van der Waals surface area contributed by atoms with Crippen LogP contribution in [-0.2, 0) is 0 Å². The van der Waals surface area contributed by atoms with Crippen LogP contribution in [0.25, 0.3) is 22.3 Å². The number of anilines is 3. The lowest BCUT2D eigenvalue weighted by Crippen LogP contribution is -2.54. The molecule has 1 aliphatic rings. The van der Waals surface area contributed by atoms with Crippen LogP contribution in [-0.4, -0.2) is 49.7 Å². The Labute approximate surface area is 208 Å². The number of imidazole rings is 1. The maximum atomic E-state index is 14.9. The van der Waals surface area contributed by atoms with Crippen molar-refractivity contribution in [3.8, 4) is 11.3 Å². The van der Waals surface area contributed by atoms with Gasteiger partial charge >= 0.3 is 0 Å². The molecule has 0 aliphatic carbocycles. The standard InChI is InChI=1S/C26H30F2N8/c1-14(2)36-17(5)32-25-20(27)8-18(9-22(25)36)24-21(28)11-30-26(34-24)33-23-7-6-19(10-29-23)35-12-15(3)31-16(4)13-35/h6-11,14-16,31H,12-13H2,1-5H3,(H,29,30,33,34)/t15-,16+. The summed E-state index contributed by atoms with van der Waals surface area (Å²) in [5.41, 5.74) is 2.20. The number of hydrogen-bond acceptors (Lipinski definition) is 7. The van der Waals surface area contributed by atoms with E-state index in [9.17, 15) is 8.78 Å². The Morgan fingerprint density at radius 1 is 1.00 bits per heavy atom. The second-order valence-corrected chi connectivity index (χ2v) is 9.74. The van der Waals surface area contributed by atoms with E-state index in [2.05, 4.69) is 49.3 Å². The van der Waals surface area contributed by atoms with Crippen LogP contribution in [0.4, 0.5) is 26.2 Å². The van der Waals surface area contributed by atoms with Crippen LogP contribution in [0.3, 0.4) is 0 Å². The Kier molecular flexibility index (Phi) is 6.29. The summed E-state index contributed by atoms with van der Waals surface area (Å²) in [6, 6.07) is 7.67. The molecular weight excluding hydrogens is 462 g/mol. The van der Waals surface area contributed by atoms with Gasteiger partial charge in [-0.2, -0.15) is 0 Å². The van der Waals surface area contributed by atoms with E-state index in [-0.39, 0.29) is 23.2 Å². The Bertz CT molecular complexity index is 1390. The van der Waals surface area contributed by atoms with Crippen LogP contribution in [0.5, 0.6) is 0 Å². The third-order valence-corrected chi connectivity index (χ3v) is 6.37. The third-order valence-electron chi connectivity index (χ3n) is 6.37. The zero-order valence-corrected chi connectivity index (χ0v) is 21.0. The number of nitrogens with zero attached hydrogens (tertiary/aromatic N) is 6. The lowest BCUT2D eigenvalue weighted by Gasteiger charge is -2.37. The van der Waals surface area contributed by atoms with Gasteiger partial charge in [0.1, 0.15) is 22.9 Å². The molecule has 2 atom stereocenters. The molecule has 4 heterocycles. The molecule has 188 valence electrons. The van der Waals surface area contributed by atoms with E-state index in [1.54, 1.807) is 12.3 Å². The zero-order valence-electron chi connectivity index (χ0n) is 21.0. The van der Waals surface area contributed by atoms with Crippen LogP contribution in [0.15, 0.2) is 36.7 Å². The summed E-state index contributed by atoms with van der Waals surface area (Å²) in [7, 11) is 0. The van der Waals surface area contributed by atoms with Crippen molar-refractivity contribution in [2.75, 3.05) is 23.3 Å². The Balaban J connectivity index is 1.42. The van der Waals surface area contributed by atoms with Crippen LogP contribution < -0.4 is 15.5 Å². The van der Waals surface area contributed by atoms with Gasteiger partial charge in [-0.3, -0.25) is 0 Å². The minimum atomic E-state index is -0.642. The molecule has 1 fully saturated rings. The number of fused-ring (bicyclic) bond motifs is 1. The summed E-state index contributed by atoms with van der Waals surface area (Å²) < 4.78 is 31.6. The van der Waals surface area contributed by atoms with Gasteiger partial charge in [0.25, 0.3) is 0 Å². The van der Waals surface area contributed by atoms with E-state index >= 15 is 0 Å². The molecule has 0 saturated carbocycles. The van der Waals surface area contributed by atoms with E-state index in [1.807, 2.05) is 37.5 Å². The van der Waals surface area contributed by atoms with Gasteiger partial charge in [-0.25, -0.2) is 28.7 Å². The molecule has 4 aromatic rings. The molecule has 0 spiro atoms. The predicted molar refractivity (Wildman–Crippen MR) is 138 cm³/mol. The van der Waals surface area contributed by atoms with Gasteiger partial charge in [0.2, 0.25) is 5.95 Å². The topological polar surface area (TPSA) is 83.8 Å². The largest absolute Gasteiger partial charge is 0.367 e. The van der Waals surface area contributed by atoms with E-state index in [1.165, 1.54) is 6.07 Å². The van der Waals surface area contributed by atoms with Gasteiger partial charge in [-0.15, -0.1) is 0 Å².